The van der Waals surface area contributed by atoms with Crippen LogP contribution >= 0.6 is 15.9 Å². The molecule has 1 amide bonds. The second-order valence-electron chi connectivity index (χ2n) is 3.57. The van der Waals surface area contributed by atoms with Crippen molar-refractivity contribution < 1.29 is 18.7 Å². The Hall–Kier alpha value is -1.43. The molecule has 1 N–H and O–H groups in total. The lowest BCUT2D eigenvalue weighted by Gasteiger charge is -2.13. The van der Waals surface area contributed by atoms with Crippen molar-refractivity contribution in [1.29, 1.82) is 0 Å². The van der Waals surface area contributed by atoms with Gasteiger partial charge in [0, 0.05) is 11.0 Å². The van der Waals surface area contributed by atoms with Crippen molar-refractivity contribution in [2.45, 2.75) is 20.0 Å². The first-order valence-electron chi connectivity index (χ1n) is 5.39. The summed E-state index contributed by atoms with van der Waals surface area (Å²) in [5.41, 5.74) is 0.0474. The zero-order valence-electron chi connectivity index (χ0n) is 10.00. The molecule has 0 saturated carbocycles. The van der Waals surface area contributed by atoms with Crippen LogP contribution in [-0.2, 0) is 9.53 Å². The number of hydrogen-bond acceptors (Lipinski definition) is 3. The number of carbonyl (C=O) groups excluding carboxylic acids is 2. The zero-order valence-corrected chi connectivity index (χ0v) is 11.6. The molecule has 0 fully saturated rings. The Morgan fingerprint density at radius 2 is 2.17 bits per heavy atom. The molecule has 0 aliphatic carbocycles. The minimum absolute atomic E-state index is 0.0474. The number of esters is 1. The summed E-state index contributed by atoms with van der Waals surface area (Å²) in [7, 11) is 0. The molecule has 1 aromatic carbocycles. The van der Waals surface area contributed by atoms with Crippen LogP contribution < -0.4 is 5.32 Å². The predicted octanol–water partition coefficient (Wildman–Crippen LogP) is 2.27. The molecular weight excluding hydrogens is 305 g/mol. The molecule has 6 heteroatoms. The summed E-state index contributed by atoms with van der Waals surface area (Å²) in [6, 6.07) is 3.67. The third-order valence-corrected chi connectivity index (χ3v) is 2.84. The first kappa shape index (κ1) is 14.6. The van der Waals surface area contributed by atoms with Crippen molar-refractivity contribution in [2.24, 2.45) is 0 Å². The minimum Gasteiger partial charge on any atom is -0.449 e. The quantitative estimate of drug-likeness (QED) is 0.867. The molecule has 0 unspecified atom stereocenters. The molecule has 18 heavy (non-hydrogen) atoms. The van der Waals surface area contributed by atoms with Gasteiger partial charge >= 0.3 is 5.97 Å². The molecule has 1 atom stereocenters. The number of rotatable bonds is 4. The lowest BCUT2D eigenvalue weighted by molar-refractivity contribution is -0.128. The molecule has 0 aromatic heterocycles. The summed E-state index contributed by atoms with van der Waals surface area (Å²) >= 11 is 3.12. The normalized spacial score (nSPS) is 11.8. The molecule has 98 valence electrons. The zero-order chi connectivity index (χ0) is 13.7. The monoisotopic (exact) mass is 317 g/mol. The van der Waals surface area contributed by atoms with Crippen LogP contribution in [0, 0.1) is 5.82 Å². The van der Waals surface area contributed by atoms with Crippen LogP contribution in [0.1, 0.15) is 24.2 Å². The molecule has 0 radical (unpaired) electrons. The van der Waals surface area contributed by atoms with Gasteiger partial charge in [-0.1, -0.05) is 0 Å². The third-order valence-electron chi connectivity index (χ3n) is 2.15. The number of likely N-dealkylation sites (N-methyl/N-ethyl adjacent to an activating group) is 1. The summed E-state index contributed by atoms with van der Waals surface area (Å²) in [4.78, 5) is 23.1. The Kier molecular flexibility index (Phi) is 5.27. The van der Waals surface area contributed by atoms with E-state index in [2.05, 4.69) is 21.2 Å². The van der Waals surface area contributed by atoms with Crippen molar-refractivity contribution in [1.82, 2.24) is 5.32 Å². The molecule has 0 aliphatic heterocycles. The Morgan fingerprint density at radius 3 is 2.78 bits per heavy atom. The highest BCUT2D eigenvalue weighted by Crippen LogP contribution is 2.19. The summed E-state index contributed by atoms with van der Waals surface area (Å²) in [5, 5.41) is 2.53. The highest BCUT2D eigenvalue weighted by molar-refractivity contribution is 9.10. The van der Waals surface area contributed by atoms with Gasteiger partial charge in [0.1, 0.15) is 5.82 Å². The Balaban J connectivity index is 2.76. The third kappa shape index (κ3) is 3.80. The molecule has 0 aliphatic rings. The lowest BCUT2D eigenvalue weighted by Crippen LogP contribution is -2.35. The average molecular weight is 318 g/mol. The standard InChI is InChI=1S/C12H13BrFNO3/c1-3-15-11(16)7(2)18-12(17)9-6-8(14)4-5-10(9)13/h4-7H,3H2,1-2H3,(H,15,16)/t7-/m0/s1. The van der Waals surface area contributed by atoms with E-state index in [1.807, 2.05) is 0 Å². The van der Waals surface area contributed by atoms with E-state index in [1.165, 1.54) is 19.1 Å². The molecule has 0 heterocycles. The van der Waals surface area contributed by atoms with Gasteiger partial charge in [-0.3, -0.25) is 4.79 Å². The fraction of sp³-hybridized carbons (Fsp3) is 0.333. The Morgan fingerprint density at radius 1 is 1.50 bits per heavy atom. The van der Waals surface area contributed by atoms with E-state index in [0.717, 1.165) is 6.07 Å². The van der Waals surface area contributed by atoms with Gasteiger partial charge < -0.3 is 10.1 Å². The molecule has 0 bridgehead atoms. The summed E-state index contributed by atoms with van der Waals surface area (Å²) in [6.45, 7) is 3.66. The SMILES string of the molecule is CCNC(=O)[C@H](C)OC(=O)c1cc(F)ccc1Br. The largest absolute Gasteiger partial charge is 0.449 e. The van der Waals surface area contributed by atoms with E-state index in [4.69, 9.17) is 4.74 Å². The lowest BCUT2D eigenvalue weighted by atomic mass is 10.2. The van der Waals surface area contributed by atoms with Gasteiger partial charge in [-0.15, -0.1) is 0 Å². The first-order chi connectivity index (χ1) is 8.45. The van der Waals surface area contributed by atoms with Crippen molar-refractivity contribution >= 4 is 27.8 Å². The van der Waals surface area contributed by atoms with Gasteiger partial charge in [-0.05, 0) is 48.0 Å². The van der Waals surface area contributed by atoms with Gasteiger partial charge in [0.15, 0.2) is 6.10 Å². The van der Waals surface area contributed by atoms with E-state index < -0.39 is 23.8 Å². The number of ether oxygens (including phenoxy) is 1. The Labute approximate surface area is 113 Å². The topological polar surface area (TPSA) is 55.4 Å². The number of benzene rings is 1. The van der Waals surface area contributed by atoms with Crippen LogP contribution in [0.4, 0.5) is 4.39 Å². The Bertz CT molecular complexity index is 465. The molecular formula is C12H13BrFNO3. The number of hydrogen-bond donors (Lipinski definition) is 1. The highest BCUT2D eigenvalue weighted by atomic mass is 79.9. The van der Waals surface area contributed by atoms with Crippen molar-refractivity contribution in [3.8, 4) is 0 Å². The van der Waals surface area contributed by atoms with E-state index in [1.54, 1.807) is 6.92 Å². The minimum atomic E-state index is -0.924. The maximum atomic E-state index is 13.0. The molecule has 1 rings (SSSR count). The van der Waals surface area contributed by atoms with E-state index in [9.17, 15) is 14.0 Å². The number of amides is 1. The van der Waals surface area contributed by atoms with Crippen LogP contribution in [0.3, 0.4) is 0 Å². The second-order valence-corrected chi connectivity index (χ2v) is 4.42. The maximum absolute atomic E-state index is 13.0. The summed E-state index contributed by atoms with van der Waals surface area (Å²) in [6.07, 6.45) is -0.924. The number of carbonyl (C=O) groups is 2. The van der Waals surface area contributed by atoms with E-state index in [0.29, 0.717) is 11.0 Å². The fourth-order valence-corrected chi connectivity index (χ4v) is 1.66. The van der Waals surface area contributed by atoms with Gasteiger partial charge in [-0.25, -0.2) is 9.18 Å². The maximum Gasteiger partial charge on any atom is 0.340 e. The smallest absolute Gasteiger partial charge is 0.340 e. The summed E-state index contributed by atoms with van der Waals surface area (Å²) < 4.78 is 18.4. The van der Waals surface area contributed by atoms with Crippen LogP contribution in [-0.4, -0.2) is 24.5 Å². The van der Waals surface area contributed by atoms with Gasteiger partial charge in [0.25, 0.3) is 5.91 Å². The molecule has 1 aromatic rings. The van der Waals surface area contributed by atoms with Crippen LogP contribution in [0.5, 0.6) is 0 Å². The van der Waals surface area contributed by atoms with Crippen LogP contribution in [0.2, 0.25) is 0 Å². The molecule has 0 saturated heterocycles. The van der Waals surface area contributed by atoms with Crippen LogP contribution in [0.25, 0.3) is 0 Å². The second kappa shape index (κ2) is 6.49. The fourth-order valence-electron chi connectivity index (χ4n) is 1.25. The molecule has 0 spiro atoms. The van der Waals surface area contributed by atoms with E-state index >= 15 is 0 Å². The average Bonchev–Trinajstić information content (AvgIpc) is 2.32. The number of halogens is 2. The van der Waals surface area contributed by atoms with E-state index in [-0.39, 0.29) is 5.56 Å². The van der Waals surface area contributed by atoms with Crippen molar-refractivity contribution in [2.75, 3.05) is 6.54 Å². The van der Waals surface area contributed by atoms with Crippen LogP contribution in [0.15, 0.2) is 22.7 Å². The van der Waals surface area contributed by atoms with Gasteiger partial charge in [0.2, 0.25) is 0 Å². The van der Waals surface area contributed by atoms with Gasteiger partial charge in [-0.2, -0.15) is 0 Å². The summed E-state index contributed by atoms with van der Waals surface area (Å²) in [5.74, 6) is -1.69. The van der Waals surface area contributed by atoms with Crippen molar-refractivity contribution in [3.63, 3.8) is 0 Å². The highest BCUT2D eigenvalue weighted by Gasteiger charge is 2.20. The predicted molar refractivity (Wildman–Crippen MR) is 67.7 cm³/mol. The van der Waals surface area contributed by atoms with Crippen molar-refractivity contribution in [3.05, 3.63) is 34.1 Å². The number of nitrogens with one attached hydrogen (secondary N) is 1. The molecule has 4 nitrogen and oxygen atoms in total. The first-order valence-corrected chi connectivity index (χ1v) is 6.18. The van der Waals surface area contributed by atoms with Gasteiger partial charge in [0.05, 0.1) is 5.56 Å².